The highest BCUT2D eigenvalue weighted by Crippen LogP contribution is 2.30. The summed E-state index contributed by atoms with van der Waals surface area (Å²) < 4.78 is 0.916. The Balaban J connectivity index is 2.06. The molecule has 4 nitrogen and oxygen atoms in total. The first kappa shape index (κ1) is 12.8. The van der Waals surface area contributed by atoms with E-state index in [0.717, 1.165) is 23.1 Å². The summed E-state index contributed by atoms with van der Waals surface area (Å²) in [5.74, 6) is 0. The van der Waals surface area contributed by atoms with E-state index in [0.29, 0.717) is 5.69 Å². The van der Waals surface area contributed by atoms with Crippen molar-refractivity contribution >= 4 is 27.3 Å². The number of nitrogens with zero attached hydrogens (tertiary/aromatic N) is 3. The molecule has 0 saturated heterocycles. The van der Waals surface area contributed by atoms with Gasteiger partial charge in [0.25, 0.3) is 0 Å². The molecule has 0 amide bonds. The van der Waals surface area contributed by atoms with Crippen molar-refractivity contribution in [1.29, 1.82) is 0 Å². The van der Waals surface area contributed by atoms with Gasteiger partial charge in [-0.05, 0) is 40.0 Å². The van der Waals surface area contributed by atoms with Crippen LogP contribution >= 0.6 is 15.9 Å². The molecule has 0 aliphatic carbocycles. The van der Waals surface area contributed by atoms with Crippen LogP contribution in [0.1, 0.15) is 5.56 Å². The van der Waals surface area contributed by atoms with Crippen molar-refractivity contribution in [1.82, 2.24) is 9.97 Å². The largest absolute Gasteiger partial charge is 0.396 e. The fraction of sp³-hybridized carbons (Fsp3) is 0.231. The third-order valence-electron chi connectivity index (χ3n) is 2.77. The highest BCUT2D eigenvalue weighted by Gasteiger charge is 2.09. The number of anilines is 2. The molecule has 0 aromatic carbocycles. The monoisotopic (exact) mass is 306 g/mol. The Kier molecular flexibility index (Phi) is 4.15. The van der Waals surface area contributed by atoms with E-state index in [1.807, 2.05) is 31.6 Å². The van der Waals surface area contributed by atoms with Crippen molar-refractivity contribution in [3.05, 3.63) is 47.0 Å². The van der Waals surface area contributed by atoms with Crippen LogP contribution in [0.4, 0.5) is 11.4 Å². The molecule has 0 aliphatic heterocycles. The molecule has 0 aliphatic rings. The highest BCUT2D eigenvalue weighted by atomic mass is 79.9. The van der Waals surface area contributed by atoms with Gasteiger partial charge in [0, 0.05) is 32.2 Å². The molecule has 0 fully saturated rings. The van der Waals surface area contributed by atoms with E-state index in [2.05, 4.69) is 30.8 Å². The zero-order valence-electron chi connectivity index (χ0n) is 10.2. The molecule has 18 heavy (non-hydrogen) atoms. The summed E-state index contributed by atoms with van der Waals surface area (Å²) in [6.45, 7) is 0.886. The van der Waals surface area contributed by atoms with Crippen LogP contribution in [0.2, 0.25) is 0 Å². The SMILES string of the molecule is CN(CCc1ccncc1)c1c(N)cncc1Br. The lowest BCUT2D eigenvalue weighted by atomic mass is 10.2. The van der Waals surface area contributed by atoms with Gasteiger partial charge < -0.3 is 10.6 Å². The first-order valence-corrected chi connectivity index (χ1v) is 6.47. The van der Waals surface area contributed by atoms with Crippen LogP contribution in [0.15, 0.2) is 41.4 Å². The molecule has 2 rings (SSSR count). The molecule has 0 atom stereocenters. The number of pyridine rings is 2. The number of aromatic nitrogens is 2. The predicted molar refractivity (Wildman–Crippen MR) is 77.6 cm³/mol. The van der Waals surface area contributed by atoms with Crippen LogP contribution < -0.4 is 10.6 Å². The maximum atomic E-state index is 5.95. The smallest absolute Gasteiger partial charge is 0.0773 e. The average molecular weight is 307 g/mol. The summed E-state index contributed by atoms with van der Waals surface area (Å²) in [5, 5.41) is 0. The fourth-order valence-electron chi connectivity index (χ4n) is 1.80. The molecule has 94 valence electrons. The molecule has 0 radical (unpaired) electrons. The minimum absolute atomic E-state index is 0.682. The van der Waals surface area contributed by atoms with Crippen molar-refractivity contribution in [3.8, 4) is 0 Å². The molecule has 0 unspecified atom stereocenters. The first-order valence-electron chi connectivity index (χ1n) is 5.67. The molecule has 2 aromatic rings. The second-order valence-electron chi connectivity index (χ2n) is 4.09. The van der Waals surface area contributed by atoms with Gasteiger partial charge in [0.15, 0.2) is 0 Å². The van der Waals surface area contributed by atoms with E-state index < -0.39 is 0 Å². The fourth-order valence-corrected chi connectivity index (χ4v) is 2.45. The summed E-state index contributed by atoms with van der Waals surface area (Å²) in [5.41, 5.74) is 8.88. The average Bonchev–Trinajstić information content (AvgIpc) is 2.37. The Morgan fingerprint density at radius 2 is 1.94 bits per heavy atom. The van der Waals surface area contributed by atoms with Crippen molar-refractivity contribution < 1.29 is 0 Å². The standard InChI is InChI=1S/C13H15BrN4/c1-18(7-4-10-2-5-16-6-3-10)13-11(14)8-17-9-12(13)15/h2-3,5-6,8-9H,4,7,15H2,1H3. The zero-order valence-corrected chi connectivity index (χ0v) is 11.8. The van der Waals surface area contributed by atoms with E-state index in [4.69, 9.17) is 5.73 Å². The maximum Gasteiger partial charge on any atom is 0.0773 e. The number of halogens is 1. The van der Waals surface area contributed by atoms with Gasteiger partial charge in [-0.25, -0.2) is 0 Å². The summed E-state index contributed by atoms with van der Waals surface area (Å²) in [4.78, 5) is 10.2. The lowest BCUT2D eigenvalue weighted by molar-refractivity contribution is 0.872. The topological polar surface area (TPSA) is 55.0 Å². The minimum Gasteiger partial charge on any atom is -0.396 e. The minimum atomic E-state index is 0.682. The number of hydrogen-bond acceptors (Lipinski definition) is 4. The van der Waals surface area contributed by atoms with Gasteiger partial charge in [0.05, 0.1) is 22.0 Å². The molecule has 2 heterocycles. The zero-order chi connectivity index (χ0) is 13.0. The molecule has 0 saturated carbocycles. The number of hydrogen-bond donors (Lipinski definition) is 1. The lowest BCUT2D eigenvalue weighted by Crippen LogP contribution is -2.22. The van der Waals surface area contributed by atoms with Crippen LogP contribution in [-0.4, -0.2) is 23.6 Å². The maximum absolute atomic E-state index is 5.95. The van der Waals surface area contributed by atoms with Crippen molar-refractivity contribution in [2.75, 3.05) is 24.2 Å². The van der Waals surface area contributed by atoms with Gasteiger partial charge in [-0.3, -0.25) is 9.97 Å². The Hall–Kier alpha value is -1.62. The normalized spacial score (nSPS) is 10.3. The third-order valence-corrected chi connectivity index (χ3v) is 3.35. The quantitative estimate of drug-likeness (QED) is 0.943. The first-order chi connectivity index (χ1) is 8.68. The summed E-state index contributed by atoms with van der Waals surface area (Å²) in [6.07, 6.45) is 8.00. The number of nitrogen functional groups attached to an aromatic ring is 1. The van der Waals surface area contributed by atoms with E-state index in [9.17, 15) is 0 Å². The van der Waals surface area contributed by atoms with Gasteiger partial charge in [0.2, 0.25) is 0 Å². The Morgan fingerprint density at radius 3 is 2.61 bits per heavy atom. The number of nitrogens with two attached hydrogens (primary N) is 1. The van der Waals surface area contributed by atoms with Gasteiger partial charge in [-0.1, -0.05) is 0 Å². The summed E-state index contributed by atoms with van der Waals surface area (Å²) in [7, 11) is 2.03. The molecular weight excluding hydrogens is 292 g/mol. The van der Waals surface area contributed by atoms with Crippen LogP contribution in [0, 0.1) is 0 Å². The molecule has 2 aromatic heterocycles. The van der Waals surface area contributed by atoms with Gasteiger partial charge in [-0.15, -0.1) is 0 Å². The lowest BCUT2D eigenvalue weighted by Gasteiger charge is -2.22. The third kappa shape index (κ3) is 2.98. The predicted octanol–water partition coefficient (Wildman–Crippen LogP) is 2.50. The molecule has 0 spiro atoms. The van der Waals surface area contributed by atoms with Crippen molar-refractivity contribution in [2.45, 2.75) is 6.42 Å². The highest BCUT2D eigenvalue weighted by molar-refractivity contribution is 9.10. The van der Waals surface area contributed by atoms with Gasteiger partial charge >= 0.3 is 0 Å². The molecular formula is C13H15BrN4. The molecule has 2 N–H and O–H groups in total. The van der Waals surface area contributed by atoms with E-state index in [-0.39, 0.29) is 0 Å². The van der Waals surface area contributed by atoms with Crippen LogP contribution in [0.5, 0.6) is 0 Å². The Labute approximate surface area is 115 Å². The molecule has 0 bridgehead atoms. The van der Waals surface area contributed by atoms with Gasteiger partial charge in [-0.2, -0.15) is 0 Å². The van der Waals surface area contributed by atoms with Crippen LogP contribution in [-0.2, 0) is 6.42 Å². The number of likely N-dealkylation sites (N-methyl/N-ethyl adjacent to an activating group) is 1. The second kappa shape index (κ2) is 5.82. The van der Waals surface area contributed by atoms with Crippen molar-refractivity contribution in [2.24, 2.45) is 0 Å². The molecule has 5 heteroatoms. The Bertz CT molecular complexity index is 495. The van der Waals surface area contributed by atoms with Crippen LogP contribution in [0.25, 0.3) is 0 Å². The van der Waals surface area contributed by atoms with E-state index in [1.54, 1.807) is 12.4 Å². The summed E-state index contributed by atoms with van der Waals surface area (Å²) in [6, 6.07) is 4.05. The van der Waals surface area contributed by atoms with Gasteiger partial charge in [0.1, 0.15) is 0 Å². The van der Waals surface area contributed by atoms with E-state index in [1.165, 1.54) is 5.56 Å². The van der Waals surface area contributed by atoms with Crippen molar-refractivity contribution in [3.63, 3.8) is 0 Å². The summed E-state index contributed by atoms with van der Waals surface area (Å²) >= 11 is 3.48. The number of rotatable bonds is 4. The van der Waals surface area contributed by atoms with Crippen LogP contribution in [0.3, 0.4) is 0 Å². The Morgan fingerprint density at radius 1 is 1.22 bits per heavy atom. The van der Waals surface area contributed by atoms with E-state index >= 15 is 0 Å². The second-order valence-corrected chi connectivity index (χ2v) is 4.94.